The van der Waals surface area contributed by atoms with Crippen molar-refractivity contribution in [1.29, 1.82) is 0 Å². The van der Waals surface area contributed by atoms with Crippen LogP contribution in [0.15, 0.2) is 73.3 Å². The molecule has 0 atom stereocenters. The smallest absolute Gasteiger partial charge is 0.259 e. The van der Waals surface area contributed by atoms with Crippen molar-refractivity contribution < 1.29 is 18.7 Å². The van der Waals surface area contributed by atoms with Crippen molar-refractivity contribution in [2.45, 2.75) is 13.2 Å². The first-order valence-electron chi connectivity index (χ1n) is 12.1. The second-order valence-corrected chi connectivity index (χ2v) is 8.91. The Kier molecular flexibility index (Phi) is 7.53. The number of halogens is 1. The molecule has 1 saturated heterocycles. The average molecular weight is 502 g/mol. The summed E-state index contributed by atoms with van der Waals surface area (Å²) in [4.78, 5) is 19.9. The van der Waals surface area contributed by atoms with Gasteiger partial charge in [0.15, 0.2) is 0 Å². The molecule has 0 unspecified atom stereocenters. The molecule has 1 N–H and O–H groups in total. The number of rotatable bonds is 8. The molecular formula is C28H28FN5O3. The van der Waals surface area contributed by atoms with Crippen LogP contribution in [0.1, 0.15) is 21.5 Å². The monoisotopic (exact) mass is 501 g/mol. The van der Waals surface area contributed by atoms with Gasteiger partial charge in [0.05, 0.1) is 36.9 Å². The molecule has 2 aromatic heterocycles. The third kappa shape index (κ3) is 6.19. The van der Waals surface area contributed by atoms with Gasteiger partial charge in [-0.25, -0.2) is 4.39 Å². The number of nitrogens with zero attached hydrogens (tertiary/aromatic N) is 4. The minimum absolute atomic E-state index is 0.183. The Morgan fingerprint density at radius 3 is 2.65 bits per heavy atom. The normalized spacial score (nSPS) is 13.9. The van der Waals surface area contributed by atoms with Gasteiger partial charge in [-0.3, -0.25) is 19.4 Å². The van der Waals surface area contributed by atoms with Crippen molar-refractivity contribution in [2.75, 3.05) is 31.6 Å². The molecule has 2 aromatic carbocycles. The number of hydrogen-bond acceptors (Lipinski definition) is 6. The molecule has 4 aromatic rings. The van der Waals surface area contributed by atoms with Gasteiger partial charge in [0, 0.05) is 44.6 Å². The largest absolute Gasteiger partial charge is 0.488 e. The molecule has 1 aliphatic heterocycles. The summed E-state index contributed by atoms with van der Waals surface area (Å²) in [6.45, 7) is 3.81. The van der Waals surface area contributed by atoms with Crippen molar-refractivity contribution in [3.8, 4) is 16.9 Å². The van der Waals surface area contributed by atoms with E-state index >= 15 is 0 Å². The predicted molar refractivity (Wildman–Crippen MR) is 138 cm³/mol. The van der Waals surface area contributed by atoms with E-state index in [2.05, 4.69) is 20.3 Å². The lowest BCUT2D eigenvalue weighted by molar-refractivity contribution is 0.0342. The van der Waals surface area contributed by atoms with Gasteiger partial charge in [-0.2, -0.15) is 5.10 Å². The molecule has 1 aliphatic rings. The summed E-state index contributed by atoms with van der Waals surface area (Å²) < 4.78 is 26.8. The summed E-state index contributed by atoms with van der Waals surface area (Å²) in [7, 11) is 1.87. The van der Waals surface area contributed by atoms with E-state index in [1.54, 1.807) is 47.5 Å². The van der Waals surface area contributed by atoms with E-state index in [0.717, 1.165) is 35.3 Å². The maximum absolute atomic E-state index is 13.5. The molecule has 5 rings (SSSR count). The third-order valence-corrected chi connectivity index (χ3v) is 6.19. The summed E-state index contributed by atoms with van der Waals surface area (Å²) in [6, 6.07) is 13.4. The summed E-state index contributed by atoms with van der Waals surface area (Å²) in [5.41, 5.74) is 4.63. The molecule has 3 heterocycles. The Bertz CT molecular complexity index is 1350. The maximum atomic E-state index is 13.5. The van der Waals surface area contributed by atoms with Crippen molar-refractivity contribution in [3.05, 3.63) is 95.8 Å². The fourth-order valence-corrected chi connectivity index (χ4v) is 4.26. The van der Waals surface area contributed by atoms with Crippen LogP contribution >= 0.6 is 0 Å². The highest BCUT2D eigenvalue weighted by molar-refractivity contribution is 6.06. The number of benzene rings is 2. The Labute approximate surface area is 214 Å². The molecule has 8 nitrogen and oxygen atoms in total. The second-order valence-electron chi connectivity index (χ2n) is 8.91. The van der Waals surface area contributed by atoms with Crippen LogP contribution < -0.4 is 10.1 Å². The third-order valence-electron chi connectivity index (χ3n) is 6.19. The fourth-order valence-electron chi connectivity index (χ4n) is 4.26. The summed E-state index contributed by atoms with van der Waals surface area (Å²) in [6.07, 6.45) is 6.99. The Hall–Kier alpha value is -4.08. The quantitative estimate of drug-likeness (QED) is 0.388. The van der Waals surface area contributed by atoms with E-state index in [-0.39, 0.29) is 18.3 Å². The van der Waals surface area contributed by atoms with Crippen LogP contribution in [0, 0.1) is 5.82 Å². The Morgan fingerprint density at radius 1 is 1.14 bits per heavy atom. The molecule has 37 heavy (non-hydrogen) atoms. The van der Waals surface area contributed by atoms with E-state index in [1.807, 2.05) is 25.4 Å². The molecule has 190 valence electrons. The maximum Gasteiger partial charge on any atom is 0.259 e. The lowest BCUT2D eigenvalue weighted by Crippen LogP contribution is -2.35. The number of aryl methyl sites for hydroxylation is 1. The van der Waals surface area contributed by atoms with Gasteiger partial charge in [-0.15, -0.1) is 0 Å². The summed E-state index contributed by atoms with van der Waals surface area (Å²) in [5, 5.41) is 7.26. The molecule has 0 bridgehead atoms. The SMILES string of the molecule is Cn1cc(-c2cc(OCc3ccc(F)cc3)c(C(=O)Nc3cccnc3)cc2CN2CCOCC2)cn1. The van der Waals surface area contributed by atoms with Gasteiger partial charge in [-0.1, -0.05) is 12.1 Å². The van der Waals surface area contributed by atoms with Crippen molar-refractivity contribution in [1.82, 2.24) is 19.7 Å². The van der Waals surface area contributed by atoms with E-state index in [4.69, 9.17) is 9.47 Å². The Balaban J connectivity index is 1.53. The lowest BCUT2D eigenvalue weighted by Gasteiger charge is -2.28. The van der Waals surface area contributed by atoms with Crippen LogP contribution in [0.2, 0.25) is 0 Å². The number of anilines is 1. The van der Waals surface area contributed by atoms with Gasteiger partial charge in [0.2, 0.25) is 0 Å². The van der Waals surface area contributed by atoms with Gasteiger partial charge >= 0.3 is 0 Å². The first kappa shape index (κ1) is 24.6. The van der Waals surface area contributed by atoms with Gasteiger partial charge in [-0.05, 0) is 53.1 Å². The second kappa shape index (κ2) is 11.3. The zero-order valence-corrected chi connectivity index (χ0v) is 20.6. The first-order valence-corrected chi connectivity index (χ1v) is 12.1. The number of amides is 1. The molecule has 9 heteroatoms. The molecular weight excluding hydrogens is 473 g/mol. The molecule has 1 fully saturated rings. The number of morpholine rings is 1. The van der Waals surface area contributed by atoms with E-state index < -0.39 is 0 Å². The number of hydrogen-bond donors (Lipinski definition) is 1. The molecule has 0 radical (unpaired) electrons. The topological polar surface area (TPSA) is 81.5 Å². The van der Waals surface area contributed by atoms with Crippen LogP contribution in [0.25, 0.3) is 11.1 Å². The van der Waals surface area contributed by atoms with Crippen LogP contribution in [0.3, 0.4) is 0 Å². The van der Waals surface area contributed by atoms with Crippen LogP contribution in [-0.4, -0.2) is 51.9 Å². The highest BCUT2D eigenvalue weighted by atomic mass is 19.1. The highest BCUT2D eigenvalue weighted by Crippen LogP contribution is 2.33. The highest BCUT2D eigenvalue weighted by Gasteiger charge is 2.21. The van der Waals surface area contributed by atoms with Crippen LogP contribution in [0.5, 0.6) is 5.75 Å². The molecule has 1 amide bonds. The lowest BCUT2D eigenvalue weighted by atomic mass is 9.97. The van der Waals surface area contributed by atoms with E-state index in [1.165, 1.54) is 12.1 Å². The van der Waals surface area contributed by atoms with Crippen molar-refractivity contribution in [3.63, 3.8) is 0 Å². The van der Waals surface area contributed by atoms with Gasteiger partial charge in [0.25, 0.3) is 5.91 Å². The number of nitrogens with one attached hydrogen (secondary N) is 1. The zero-order valence-electron chi connectivity index (χ0n) is 20.6. The van der Waals surface area contributed by atoms with Gasteiger partial charge < -0.3 is 14.8 Å². The fraction of sp³-hybridized carbons (Fsp3) is 0.250. The summed E-state index contributed by atoms with van der Waals surface area (Å²) in [5.74, 6) is -0.190. The minimum atomic E-state index is -0.313. The van der Waals surface area contributed by atoms with E-state index in [9.17, 15) is 9.18 Å². The first-order chi connectivity index (χ1) is 18.0. The molecule has 0 saturated carbocycles. The zero-order chi connectivity index (χ0) is 25.6. The standard InChI is InChI=1S/C28H28FN5O3/c1-33-17-22(15-31-33)25-14-27(37-19-20-4-6-23(29)7-5-20)26(28(35)32-24-3-2-8-30-16-24)13-21(25)18-34-9-11-36-12-10-34/h2-8,13-17H,9-12,18-19H2,1H3,(H,32,35). The van der Waals surface area contributed by atoms with Crippen molar-refractivity contribution in [2.24, 2.45) is 7.05 Å². The molecule has 0 aliphatic carbocycles. The number of carbonyl (C=O) groups is 1. The number of ether oxygens (including phenoxy) is 2. The molecule has 0 spiro atoms. The van der Waals surface area contributed by atoms with Crippen molar-refractivity contribution >= 4 is 11.6 Å². The Morgan fingerprint density at radius 2 is 1.95 bits per heavy atom. The van der Waals surface area contributed by atoms with Crippen LogP contribution in [0.4, 0.5) is 10.1 Å². The number of carbonyl (C=O) groups excluding carboxylic acids is 1. The summed E-state index contributed by atoms with van der Waals surface area (Å²) >= 11 is 0. The number of pyridine rings is 1. The van der Waals surface area contributed by atoms with Crippen LogP contribution in [-0.2, 0) is 24.9 Å². The van der Waals surface area contributed by atoms with Gasteiger partial charge in [0.1, 0.15) is 18.2 Å². The average Bonchev–Trinajstić information content (AvgIpc) is 3.35. The number of aromatic nitrogens is 3. The minimum Gasteiger partial charge on any atom is -0.488 e. The predicted octanol–water partition coefficient (Wildman–Crippen LogP) is 4.28. The van der Waals surface area contributed by atoms with E-state index in [0.29, 0.717) is 36.8 Å².